The van der Waals surface area contributed by atoms with E-state index in [2.05, 4.69) is 223 Å². The molecule has 8 aromatic rings. The van der Waals surface area contributed by atoms with Crippen LogP contribution in [0.25, 0.3) is 55.3 Å². The van der Waals surface area contributed by atoms with Gasteiger partial charge in [-0.3, -0.25) is 0 Å². The summed E-state index contributed by atoms with van der Waals surface area (Å²) < 4.78 is 0. The Labute approximate surface area is 312 Å². The molecule has 0 amide bonds. The maximum absolute atomic E-state index is 2.41. The maximum Gasteiger partial charge on any atom is 0.0468 e. The number of hydrogen-bond acceptors (Lipinski definition) is 1. The molecule has 0 spiro atoms. The summed E-state index contributed by atoms with van der Waals surface area (Å²) in [6, 6.07) is 72.4. The molecule has 252 valence electrons. The van der Waals surface area contributed by atoms with E-state index in [0.717, 1.165) is 17.8 Å². The van der Waals surface area contributed by atoms with Crippen molar-refractivity contribution in [2.75, 3.05) is 4.90 Å². The SMILES string of the molecule is C1=CC(c2ccccc2)CC=C1N(c1ccc(-c2ccccc2)cc1)c1ccc(-c2ccc(-c3ccc4ccccc4c3)cc2)c(-c2ccccc2)c1. The molecule has 1 aliphatic rings. The van der Waals surface area contributed by atoms with E-state index in [9.17, 15) is 0 Å². The Kier molecular flexibility index (Phi) is 8.82. The van der Waals surface area contributed by atoms with Gasteiger partial charge in [0.1, 0.15) is 0 Å². The molecule has 1 atom stereocenters. The zero-order valence-corrected chi connectivity index (χ0v) is 29.5. The molecule has 1 aliphatic carbocycles. The predicted octanol–water partition coefficient (Wildman–Crippen LogP) is 14.3. The van der Waals surface area contributed by atoms with Gasteiger partial charge in [0, 0.05) is 23.0 Å². The number of anilines is 2. The van der Waals surface area contributed by atoms with Crippen LogP contribution in [0.15, 0.2) is 224 Å². The fraction of sp³-hybridized carbons (Fsp3) is 0.0385. The van der Waals surface area contributed by atoms with E-state index >= 15 is 0 Å². The Morgan fingerprint density at radius 2 is 0.906 bits per heavy atom. The lowest BCUT2D eigenvalue weighted by Crippen LogP contribution is -2.17. The highest BCUT2D eigenvalue weighted by Gasteiger charge is 2.20. The second kappa shape index (κ2) is 14.5. The smallest absolute Gasteiger partial charge is 0.0468 e. The van der Waals surface area contributed by atoms with Crippen molar-refractivity contribution in [2.24, 2.45) is 0 Å². The minimum Gasteiger partial charge on any atom is -0.311 e. The fourth-order valence-electron chi connectivity index (χ4n) is 7.59. The highest BCUT2D eigenvalue weighted by Crippen LogP contribution is 2.41. The third kappa shape index (κ3) is 6.73. The van der Waals surface area contributed by atoms with E-state index in [4.69, 9.17) is 0 Å². The van der Waals surface area contributed by atoms with Gasteiger partial charge in [-0.2, -0.15) is 0 Å². The number of allylic oxidation sites excluding steroid dienone is 3. The van der Waals surface area contributed by atoms with Gasteiger partial charge in [-0.15, -0.1) is 0 Å². The van der Waals surface area contributed by atoms with Crippen LogP contribution in [0.5, 0.6) is 0 Å². The number of nitrogens with zero attached hydrogens (tertiary/aromatic N) is 1. The number of hydrogen-bond donors (Lipinski definition) is 0. The second-order valence-electron chi connectivity index (χ2n) is 13.7. The highest BCUT2D eigenvalue weighted by atomic mass is 15.1. The molecule has 0 radical (unpaired) electrons. The molecule has 0 N–H and O–H groups in total. The summed E-state index contributed by atoms with van der Waals surface area (Å²) in [5.41, 5.74) is 14.5. The lowest BCUT2D eigenvalue weighted by Gasteiger charge is -2.30. The molecule has 0 heterocycles. The monoisotopic (exact) mass is 677 g/mol. The number of fused-ring (bicyclic) bond motifs is 1. The van der Waals surface area contributed by atoms with Crippen LogP contribution < -0.4 is 4.90 Å². The molecule has 0 fully saturated rings. The van der Waals surface area contributed by atoms with Gasteiger partial charge in [-0.25, -0.2) is 0 Å². The second-order valence-corrected chi connectivity index (χ2v) is 13.7. The van der Waals surface area contributed by atoms with Gasteiger partial charge < -0.3 is 4.90 Å². The Morgan fingerprint density at radius 1 is 0.377 bits per heavy atom. The average Bonchev–Trinajstić information content (AvgIpc) is 3.25. The van der Waals surface area contributed by atoms with Crippen LogP contribution >= 0.6 is 0 Å². The third-order valence-electron chi connectivity index (χ3n) is 10.4. The first kappa shape index (κ1) is 32.2. The lowest BCUT2D eigenvalue weighted by atomic mass is 9.90. The Morgan fingerprint density at radius 3 is 1.60 bits per heavy atom. The minimum absolute atomic E-state index is 0.363. The van der Waals surface area contributed by atoms with Gasteiger partial charge in [0.15, 0.2) is 0 Å². The summed E-state index contributed by atoms with van der Waals surface area (Å²) in [7, 11) is 0. The van der Waals surface area contributed by atoms with Crippen LogP contribution in [-0.2, 0) is 0 Å². The van der Waals surface area contributed by atoms with E-state index in [1.165, 1.54) is 66.5 Å². The van der Waals surface area contributed by atoms with Gasteiger partial charge >= 0.3 is 0 Å². The first-order valence-electron chi connectivity index (χ1n) is 18.4. The minimum atomic E-state index is 0.363. The zero-order chi connectivity index (χ0) is 35.4. The van der Waals surface area contributed by atoms with Gasteiger partial charge in [0.2, 0.25) is 0 Å². The van der Waals surface area contributed by atoms with Gasteiger partial charge in [-0.1, -0.05) is 182 Å². The largest absolute Gasteiger partial charge is 0.311 e. The molecule has 9 rings (SSSR count). The van der Waals surface area contributed by atoms with Crippen molar-refractivity contribution >= 4 is 22.1 Å². The van der Waals surface area contributed by atoms with E-state index in [-0.39, 0.29) is 0 Å². The standard InChI is InChI=1S/C52H39N/c1-4-12-38(13-5-1)41-26-30-48(31-27-41)53(49-32-28-42(29-33-49)39-14-6-2-7-15-39)50-34-35-51(52(37-50)44-17-8-3-9-18-44)45-23-20-43(21-24-45)47-25-22-40-16-10-11-19-46(40)36-47/h1-28,30-37,42H,29H2. The maximum atomic E-state index is 2.41. The number of benzene rings is 8. The van der Waals surface area contributed by atoms with Crippen molar-refractivity contribution in [2.45, 2.75) is 12.3 Å². The Bertz CT molecular complexity index is 2550. The highest BCUT2D eigenvalue weighted by molar-refractivity contribution is 5.90. The van der Waals surface area contributed by atoms with Crippen LogP contribution in [-0.4, -0.2) is 0 Å². The van der Waals surface area contributed by atoms with Crippen molar-refractivity contribution in [3.05, 3.63) is 230 Å². The molecular weight excluding hydrogens is 639 g/mol. The molecule has 53 heavy (non-hydrogen) atoms. The van der Waals surface area contributed by atoms with Crippen molar-refractivity contribution < 1.29 is 0 Å². The van der Waals surface area contributed by atoms with Crippen LogP contribution in [0.1, 0.15) is 17.9 Å². The van der Waals surface area contributed by atoms with Crippen molar-refractivity contribution in [3.8, 4) is 44.5 Å². The van der Waals surface area contributed by atoms with Gasteiger partial charge in [0.05, 0.1) is 0 Å². The van der Waals surface area contributed by atoms with Crippen molar-refractivity contribution in [3.63, 3.8) is 0 Å². The molecule has 0 saturated heterocycles. The molecular formula is C52H39N. The molecule has 1 heteroatoms. The van der Waals surface area contributed by atoms with E-state index in [1.807, 2.05) is 0 Å². The summed E-state index contributed by atoms with van der Waals surface area (Å²) in [6.07, 6.45) is 8.00. The van der Waals surface area contributed by atoms with Crippen molar-refractivity contribution in [1.82, 2.24) is 0 Å². The lowest BCUT2D eigenvalue weighted by molar-refractivity contribution is 0.840. The predicted molar refractivity (Wildman–Crippen MR) is 225 cm³/mol. The van der Waals surface area contributed by atoms with Crippen molar-refractivity contribution in [1.29, 1.82) is 0 Å². The molecule has 0 aliphatic heterocycles. The van der Waals surface area contributed by atoms with Crippen LogP contribution in [0.4, 0.5) is 11.4 Å². The normalized spacial score (nSPS) is 13.8. The first-order valence-corrected chi connectivity index (χ1v) is 18.4. The molecule has 1 unspecified atom stereocenters. The Balaban J connectivity index is 1.11. The molecule has 0 aromatic heterocycles. The summed E-state index contributed by atoms with van der Waals surface area (Å²) in [5, 5.41) is 2.52. The zero-order valence-electron chi connectivity index (χ0n) is 29.5. The van der Waals surface area contributed by atoms with Crippen LogP contribution in [0.3, 0.4) is 0 Å². The van der Waals surface area contributed by atoms with Crippen LogP contribution in [0.2, 0.25) is 0 Å². The fourth-order valence-corrected chi connectivity index (χ4v) is 7.59. The Hall–Kier alpha value is -6.70. The average molecular weight is 678 g/mol. The molecule has 1 nitrogen and oxygen atoms in total. The van der Waals surface area contributed by atoms with Crippen LogP contribution in [0, 0.1) is 0 Å². The summed E-state index contributed by atoms with van der Waals surface area (Å²) in [6.45, 7) is 0. The summed E-state index contributed by atoms with van der Waals surface area (Å²) >= 11 is 0. The molecule has 0 saturated carbocycles. The molecule has 8 aromatic carbocycles. The topological polar surface area (TPSA) is 3.24 Å². The summed E-state index contributed by atoms with van der Waals surface area (Å²) in [4.78, 5) is 2.41. The van der Waals surface area contributed by atoms with Gasteiger partial charge in [-0.05, 0) is 104 Å². The molecule has 0 bridgehead atoms. The quantitative estimate of drug-likeness (QED) is 0.155. The van der Waals surface area contributed by atoms with E-state index < -0.39 is 0 Å². The first-order chi connectivity index (χ1) is 26.3. The van der Waals surface area contributed by atoms with E-state index in [0.29, 0.717) is 5.92 Å². The number of rotatable bonds is 8. The van der Waals surface area contributed by atoms with Gasteiger partial charge in [0.25, 0.3) is 0 Å². The third-order valence-corrected chi connectivity index (χ3v) is 10.4. The van der Waals surface area contributed by atoms with E-state index in [1.54, 1.807) is 0 Å². The summed E-state index contributed by atoms with van der Waals surface area (Å²) in [5.74, 6) is 0.363.